The van der Waals surface area contributed by atoms with E-state index in [-0.39, 0.29) is 21.8 Å². The number of hydrogen-bond acceptors (Lipinski definition) is 5. The highest BCUT2D eigenvalue weighted by Gasteiger charge is 2.20. The van der Waals surface area contributed by atoms with E-state index < -0.39 is 21.7 Å². The summed E-state index contributed by atoms with van der Waals surface area (Å²) in [6.45, 7) is 1.59. The summed E-state index contributed by atoms with van der Waals surface area (Å²) in [5.74, 6) is -2.00. The zero-order chi connectivity index (χ0) is 16.5. The van der Waals surface area contributed by atoms with Gasteiger partial charge in [0.1, 0.15) is 5.56 Å². The summed E-state index contributed by atoms with van der Waals surface area (Å²) in [7, 11) is -4.00. The standard InChI is InChI=1S/C14H14N2O5S/c1-8-5-11(14(18)19)13(17)12(6-8)16-22(20,21)10-4-2-3-9(15)7-10/h2-7,16-17H,15H2,1H3,(H,18,19). The Labute approximate surface area is 127 Å². The number of benzene rings is 2. The molecule has 0 radical (unpaired) electrons. The van der Waals surface area contributed by atoms with Gasteiger partial charge in [0.25, 0.3) is 10.0 Å². The molecule has 5 N–H and O–H groups in total. The van der Waals surface area contributed by atoms with E-state index in [2.05, 4.69) is 4.72 Å². The average molecular weight is 322 g/mol. The second-order valence-electron chi connectivity index (χ2n) is 4.69. The van der Waals surface area contributed by atoms with Crippen molar-refractivity contribution in [2.45, 2.75) is 11.8 Å². The topological polar surface area (TPSA) is 130 Å². The number of aryl methyl sites for hydroxylation is 1. The van der Waals surface area contributed by atoms with Crippen molar-refractivity contribution < 1.29 is 23.4 Å². The van der Waals surface area contributed by atoms with Crippen molar-refractivity contribution in [3.05, 3.63) is 47.5 Å². The third-order valence-corrected chi connectivity index (χ3v) is 4.26. The van der Waals surface area contributed by atoms with Crippen LogP contribution in [0.2, 0.25) is 0 Å². The molecule has 0 spiro atoms. The van der Waals surface area contributed by atoms with E-state index in [0.717, 1.165) is 0 Å². The summed E-state index contributed by atoms with van der Waals surface area (Å²) < 4.78 is 26.7. The van der Waals surface area contributed by atoms with Crippen LogP contribution in [0.3, 0.4) is 0 Å². The quantitative estimate of drug-likeness (QED) is 0.501. The van der Waals surface area contributed by atoms with Crippen molar-refractivity contribution in [3.8, 4) is 5.75 Å². The lowest BCUT2D eigenvalue weighted by molar-refractivity contribution is 0.0693. The molecule has 0 saturated heterocycles. The minimum absolute atomic E-state index is 0.0923. The van der Waals surface area contributed by atoms with Crippen molar-refractivity contribution in [1.29, 1.82) is 0 Å². The number of carboxylic acids is 1. The number of nitrogen functional groups attached to an aromatic ring is 1. The smallest absolute Gasteiger partial charge is 0.339 e. The van der Waals surface area contributed by atoms with Gasteiger partial charge in [-0.1, -0.05) is 6.07 Å². The maximum atomic E-state index is 12.3. The molecule has 0 heterocycles. The highest BCUT2D eigenvalue weighted by atomic mass is 32.2. The number of aromatic carboxylic acids is 1. The highest BCUT2D eigenvalue weighted by molar-refractivity contribution is 7.92. The van der Waals surface area contributed by atoms with Crippen LogP contribution < -0.4 is 10.5 Å². The van der Waals surface area contributed by atoms with Crippen molar-refractivity contribution in [1.82, 2.24) is 0 Å². The number of aromatic hydroxyl groups is 1. The van der Waals surface area contributed by atoms with Gasteiger partial charge < -0.3 is 15.9 Å². The number of nitrogens with one attached hydrogen (secondary N) is 1. The largest absolute Gasteiger partial charge is 0.505 e. The van der Waals surface area contributed by atoms with E-state index >= 15 is 0 Å². The lowest BCUT2D eigenvalue weighted by Crippen LogP contribution is -2.14. The molecule has 0 unspecified atom stereocenters. The van der Waals surface area contributed by atoms with E-state index in [9.17, 15) is 18.3 Å². The molecule has 0 amide bonds. The second kappa shape index (κ2) is 5.57. The summed E-state index contributed by atoms with van der Waals surface area (Å²) in [6, 6.07) is 8.19. The number of carboxylic acid groups (broad SMARTS) is 1. The monoisotopic (exact) mass is 322 g/mol. The van der Waals surface area contributed by atoms with Crippen LogP contribution in [0.1, 0.15) is 15.9 Å². The van der Waals surface area contributed by atoms with Crippen LogP contribution in [0.5, 0.6) is 5.75 Å². The molecule has 0 atom stereocenters. The minimum Gasteiger partial charge on any atom is -0.505 e. The number of nitrogens with two attached hydrogens (primary N) is 1. The number of carbonyl (C=O) groups is 1. The molecule has 116 valence electrons. The fraction of sp³-hybridized carbons (Fsp3) is 0.0714. The molecule has 0 aromatic heterocycles. The first-order valence-corrected chi connectivity index (χ1v) is 7.64. The lowest BCUT2D eigenvalue weighted by atomic mass is 10.1. The van der Waals surface area contributed by atoms with Crippen molar-refractivity contribution in [3.63, 3.8) is 0 Å². The molecular weight excluding hydrogens is 308 g/mol. The molecule has 0 saturated carbocycles. The molecule has 0 aliphatic heterocycles. The van der Waals surface area contributed by atoms with Crippen LogP contribution in [-0.4, -0.2) is 24.6 Å². The van der Waals surface area contributed by atoms with Gasteiger partial charge in [-0.25, -0.2) is 13.2 Å². The normalized spacial score (nSPS) is 11.1. The number of hydrogen-bond donors (Lipinski definition) is 4. The zero-order valence-electron chi connectivity index (χ0n) is 11.6. The first kappa shape index (κ1) is 15.6. The zero-order valence-corrected chi connectivity index (χ0v) is 12.4. The van der Waals surface area contributed by atoms with Crippen LogP contribution in [0.25, 0.3) is 0 Å². The number of anilines is 2. The SMILES string of the molecule is Cc1cc(NS(=O)(=O)c2cccc(N)c2)c(O)c(C(=O)O)c1. The molecule has 7 nitrogen and oxygen atoms in total. The summed E-state index contributed by atoms with van der Waals surface area (Å²) in [5.41, 5.74) is 5.71. The summed E-state index contributed by atoms with van der Waals surface area (Å²) >= 11 is 0. The van der Waals surface area contributed by atoms with Gasteiger partial charge in [0.05, 0.1) is 10.6 Å². The summed E-state index contributed by atoms with van der Waals surface area (Å²) in [4.78, 5) is 11.0. The van der Waals surface area contributed by atoms with Gasteiger partial charge in [0.2, 0.25) is 0 Å². The average Bonchev–Trinajstić information content (AvgIpc) is 2.42. The number of phenols is 1. The Bertz CT molecular complexity index is 846. The van der Waals surface area contributed by atoms with Gasteiger partial charge in [-0.3, -0.25) is 4.72 Å². The molecule has 2 rings (SSSR count). The maximum absolute atomic E-state index is 12.3. The molecule has 0 aliphatic rings. The second-order valence-corrected chi connectivity index (χ2v) is 6.37. The molecule has 0 bridgehead atoms. The summed E-state index contributed by atoms with van der Waals surface area (Å²) in [5, 5.41) is 18.9. The van der Waals surface area contributed by atoms with E-state index in [4.69, 9.17) is 10.8 Å². The Morgan fingerprint density at radius 2 is 1.91 bits per heavy atom. The van der Waals surface area contributed by atoms with Gasteiger partial charge >= 0.3 is 5.97 Å². The van der Waals surface area contributed by atoms with Gasteiger partial charge in [-0.15, -0.1) is 0 Å². The first-order valence-electron chi connectivity index (χ1n) is 6.16. The predicted molar refractivity (Wildman–Crippen MR) is 81.5 cm³/mol. The van der Waals surface area contributed by atoms with Gasteiger partial charge in [-0.2, -0.15) is 0 Å². The Morgan fingerprint density at radius 1 is 1.23 bits per heavy atom. The fourth-order valence-electron chi connectivity index (χ4n) is 1.91. The third-order valence-electron chi connectivity index (χ3n) is 2.90. The van der Waals surface area contributed by atoms with Crippen molar-refractivity contribution in [2.75, 3.05) is 10.5 Å². The summed E-state index contributed by atoms with van der Waals surface area (Å²) in [6.07, 6.45) is 0. The number of rotatable bonds is 4. The first-order chi connectivity index (χ1) is 10.2. The van der Waals surface area contributed by atoms with Crippen LogP contribution in [0.15, 0.2) is 41.3 Å². The molecule has 2 aromatic carbocycles. The van der Waals surface area contributed by atoms with Gasteiger partial charge in [0, 0.05) is 5.69 Å². The number of sulfonamides is 1. The third kappa shape index (κ3) is 3.12. The Morgan fingerprint density at radius 3 is 2.50 bits per heavy atom. The van der Waals surface area contributed by atoms with Crippen LogP contribution in [0.4, 0.5) is 11.4 Å². The van der Waals surface area contributed by atoms with Crippen LogP contribution in [-0.2, 0) is 10.0 Å². The molecular formula is C14H14N2O5S. The van der Waals surface area contributed by atoms with Gasteiger partial charge in [0.15, 0.2) is 5.75 Å². The highest BCUT2D eigenvalue weighted by Crippen LogP contribution is 2.31. The molecule has 2 aromatic rings. The molecule has 8 heteroatoms. The maximum Gasteiger partial charge on any atom is 0.339 e. The Hall–Kier alpha value is -2.74. The Balaban J connectivity index is 2.48. The fourth-order valence-corrected chi connectivity index (χ4v) is 3.02. The lowest BCUT2D eigenvalue weighted by Gasteiger charge is -2.12. The van der Waals surface area contributed by atoms with E-state index in [1.807, 2.05) is 0 Å². The van der Waals surface area contributed by atoms with Crippen LogP contribution in [0, 0.1) is 6.92 Å². The van der Waals surface area contributed by atoms with E-state index in [1.54, 1.807) is 6.92 Å². The molecule has 0 aliphatic carbocycles. The van der Waals surface area contributed by atoms with E-state index in [0.29, 0.717) is 5.56 Å². The molecule has 0 fully saturated rings. The van der Waals surface area contributed by atoms with E-state index in [1.165, 1.54) is 36.4 Å². The van der Waals surface area contributed by atoms with Crippen molar-refractivity contribution >= 4 is 27.4 Å². The minimum atomic E-state index is -4.00. The predicted octanol–water partition coefficient (Wildman–Crippen LogP) is 1.78. The molecule has 22 heavy (non-hydrogen) atoms. The van der Waals surface area contributed by atoms with Crippen molar-refractivity contribution in [2.24, 2.45) is 0 Å². The van der Waals surface area contributed by atoms with Gasteiger partial charge in [-0.05, 0) is 42.8 Å². The van der Waals surface area contributed by atoms with Crippen LogP contribution >= 0.6 is 0 Å². The Kier molecular flexibility index (Phi) is 3.96.